The highest BCUT2D eigenvalue weighted by atomic mass is 16.2. The van der Waals surface area contributed by atoms with E-state index in [1.54, 1.807) is 6.08 Å². The van der Waals surface area contributed by atoms with Gasteiger partial charge in [0.1, 0.15) is 0 Å². The summed E-state index contributed by atoms with van der Waals surface area (Å²) in [4.78, 5) is 15.5. The monoisotopic (exact) mass is 346 g/mol. The maximum absolute atomic E-state index is 12.5. The van der Waals surface area contributed by atoms with Gasteiger partial charge in [0, 0.05) is 12.6 Å². The molecule has 1 aliphatic heterocycles. The third kappa shape index (κ3) is 7.50. The zero-order valence-corrected chi connectivity index (χ0v) is 16.5. The second-order valence-electron chi connectivity index (χ2n) is 5.11. The lowest BCUT2D eigenvalue weighted by molar-refractivity contribution is 0.146. The fourth-order valence-electron chi connectivity index (χ4n) is 2.64. The molecule has 140 valence electrons. The van der Waals surface area contributed by atoms with Crippen LogP contribution in [0.2, 0.25) is 0 Å². The first-order valence-corrected chi connectivity index (χ1v) is 9.38. The second kappa shape index (κ2) is 14.2. The summed E-state index contributed by atoms with van der Waals surface area (Å²) in [5.74, 6) is 0. The van der Waals surface area contributed by atoms with E-state index in [1.807, 2.05) is 45.6 Å². The third-order valence-corrected chi connectivity index (χ3v) is 3.75. The molecule has 0 saturated carbocycles. The quantitative estimate of drug-likeness (QED) is 0.701. The normalized spacial score (nSPS) is 17.2. The van der Waals surface area contributed by atoms with Crippen molar-refractivity contribution in [2.75, 3.05) is 6.54 Å². The first kappa shape index (κ1) is 22.8. The summed E-state index contributed by atoms with van der Waals surface area (Å²) in [5.41, 5.74) is 1.22. The van der Waals surface area contributed by atoms with E-state index in [0.29, 0.717) is 0 Å². The molecule has 0 aliphatic carbocycles. The average molecular weight is 347 g/mol. The summed E-state index contributed by atoms with van der Waals surface area (Å²) in [6.45, 7) is 14.5. The Hall–Kier alpha value is -2.17. The van der Waals surface area contributed by atoms with Gasteiger partial charge in [-0.2, -0.15) is 10.2 Å². The van der Waals surface area contributed by atoms with Crippen molar-refractivity contribution in [1.29, 1.82) is 0 Å². The van der Waals surface area contributed by atoms with E-state index in [0.717, 1.165) is 32.2 Å². The summed E-state index contributed by atoms with van der Waals surface area (Å²) in [6, 6.07) is 0.0748. The largest absolute Gasteiger partial charge is 0.362 e. The molecule has 5 heteroatoms. The number of likely N-dealkylation sites (tertiary alicyclic amines) is 1. The minimum atomic E-state index is -0.132. The van der Waals surface area contributed by atoms with E-state index in [9.17, 15) is 4.79 Å². The van der Waals surface area contributed by atoms with Gasteiger partial charge < -0.3 is 4.90 Å². The van der Waals surface area contributed by atoms with Crippen molar-refractivity contribution in [3.8, 4) is 0 Å². The fourth-order valence-corrected chi connectivity index (χ4v) is 2.64. The van der Waals surface area contributed by atoms with Crippen molar-refractivity contribution < 1.29 is 4.79 Å². The van der Waals surface area contributed by atoms with Gasteiger partial charge in [0.15, 0.2) is 0 Å². The van der Waals surface area contributed by atoms with Crippen LogP contribution in [0.15, 0.2) is 48.8 Å². The smallest absolute Gasteiger partial charge is 0.318 e. The molecule has 0 spiro atoms. The van der Waals surface area contributed by atoms with Gasteiger partial charge >= 0.3 is 6.03 Å². The third-order valence-electron chi connectivity index (χ3n) is 3.75. The van der Waals surface area contributed by atoms with Gasteiger partial charge in [0.05, 0.1) is 12.4 Å². The van der Waals surface area contributed by atoms with Crippen LogP contribution in [0.5, 0.6) is 0 Å². The summed E-state index contributed by atoms with van der Waals surface area (Å²) in [6.07, 6.45) is 15.0. The minimum absolute atomic E-state index is 0.132. The molecular weight excluding hydrogens is 312 g/mol. The molecule has 2 rings (SSSR count). The van der Waals surface area contributed by atoms with Crippen molar-refractivity contribution >= 4 is 6.03 Å². The van der Waals surface area contributed by atoms with Gasteiger partial charge in [-0.05, 0) is 32.6 Å². The average Bonchev–Trinajstić information content (AvgIpc) is 3.23. The molecule has 0 bridgehead atoms. The van der Waals surface area contributed by atoms with Crippen LogP contribution in [-0.2, 0) is 0 Å². The van der Waals surface area contributed by atoms with Crippen molar-refractivity contribution in [3.63, 3.8) is 0 Å². The number of aromatic nitrogens is 3. The van der Waals surface area contributed by atoms with Gasteiger partial charge in [-0.3, -0.25) is 0 Å². The van der Waals surface area contributed by atoms with Crippen molar-refractivity contribution in [3.05, 3.63) is 48.8 Å². The lowest BCUT2D eigenvalue weighted by atomic mass is 9.95. The number of carbonyl (C=O) groups is 1. The number of hydrogen-bond donors (Lipinski definition) is 0. The number of carbonyl (C=O) groups excluding carboxylic acids is 1. The van der Waals surface area contributed by atoms with E-state index in [-0.39, 0.29) is 12.1 Å². The Morgan fingerprint density at radius 3 is 2.40 bits per heavy atom. The molecule has 5 nitrogen and oxygen atoms in total. The summed E-state index contributed by atoms with van der Waals surface area (Å²) in [7, 11) is 0. The standard InChI is InChI=1S/C16H22N4O.2C2H6/c1-3-5-8-14(4-2)13-15-9-6-7-12-19(15)16(21)20-17-10-11-18-20;2*1-2/h3-5,8,10-11,15H,1,6-7,9,12-13H2,2H3;2*1-2H3/b8-5-,14-4+;;. The van der Waals surface area contributed by atoms with Gasteiger partial charge in [0.25, 0.3) is 0 Å². The van der Waals surface area contributed by atoms with Crippen LogP contribution in [0.25, 0.3) is 0 Å². The number of hydrogen-bond acceptors (Lipinski definition) is 3. The maximum Gasteiger partial charge on any atom is 0.362 e. The second-order valence-corrected chi connectivity index (χ2v) is 5.11. The Morgan fingerprint density at radius 1 is 1.20 bits per heavy atom. The van der Waals surface area contributed by atoms with E-state index in [2.05, 4.69) is 28.9 Å². The predicted octanol–water partition coefficient (Wildman–Crippen LogP) is 5.23. The Bertz CT molecular complexity index is 532. The molecule has 0 aromatic carbocycles. The topological polar surface area (TPSA) is 51.0 Å². The molecule has 1 saturated heterocycles. The van der Waals surface area contributed by atoms with E-state index in [1.165, 1.54) is 22.8 Å². The number of piperidine rings is 1. The van der Waals surface area contributed by atoms with Gasteiger partial charge in [-0.1, -0.05) is 68.9 Å². The van der Waals surface area contributed by atoms with Gasteiger partial charge in [-0.25, -0.2) is 4.79 Å². The molecule has 1 aromatic heterocycles. The molecule has 2 heterocycles. The highest BCUT2D eigenvalue weighted by Crippen LogP contribution is 2.24. The van der Waals surface area contributed by atoms with Gasteiger partial charge in [0.2, 0.25) is 0 Å². The van der Waals surface area contributed by atoms with Crippen LogP contribution < -0.4 is 0 Å². The summed E-state index contributed by atoms with van der Waals surface area (Å²) >= 11 is 0. The summed E-state index contributed by atoms with van der Waals surface area (Å²) < 4.78 is 0. The molecular formula is C20H34N4O. The highest BCUT2D eigenvalue weighted by molar-refractivity contribution is 5.75. The maximum atomic E-state index is 12.5. The van der Waals surface area contributed by atoms with Crippen LogP contribution in [0.1, 0.15) is 60.3 Å². The lowest BCUT2D eigenvalue weighted by Crippen LogP contribution is -2.46. The molecule has 1 aromatic rings. The van der Waals surface area contributed by atoms with E-state index >= 15 is 0 Å². The van der Waals surface area contributed by atoms with E-state index < -0.39 is 0 Å². The molecule has 1 aliphatic rings. The molecule has 0 N–H and O–H groups in total. The van der Waals surface area contributed by atoms with Crippen molar-refractivity contribution in [1.82, 2.24) is 19.9 Å². The molecule has 1 unspecified atom stereocenters. The Kier molecular flexibility index (Phi) is 13.0. The number of nitrogens with zero attached hydrogens (tertiary/aromatic N) is 4. The number of rotatable bonds is 4. The lowest BCUT2D eigenvalue weighted by Gasteiger charge is -2.35. The summed E-state index contributed by atoms with van der Waals surface area (Å²) in [5, 5.41) is 7.89. The SMILES string of the molecule is C=C/C=C\C(=C/C)CC1CCCCN1C(=O)n1nccn1.CC.CC. The Morgan fingerprint density at radius 2 is 1.84 bits per heavy atom. The van der Waals surface area contributed by atoms with Crippen LogP contribution in [0, 0.1) is 0 Å². The first-order valence-electron chi connectivity index (χ1n) is 9.38. The van der Waals surface area contributed by atoms with Crippen LogP contribution in [-0.4, -0.2) is 38.5 Å². The zero-order valence-electron chi connectivity index (χ0n) is 16.5. The number of amides is 1. The Labute approximate surface area is 153 Å². The predicted molar refractivity (Wildman–Crippen MR) is 106 cm³/mol. The van der Waals surface area contributed by atoms with Crippen molar-refractivity contribution in [2.45, 2.75) is 66.3 Å². The van der Waals surface area contributed by atoms with Crippen molar-refractivity contribution in [2.24, 2.45) is 0 Å². The van der Waals surface area contributed by atoms with Crippen LogP contribution >= 0.6 is 0 Å². The Balaban J connectivity index is 0.00000134. The fraction of sp³-hybridized carbons (Fsp3) is 0.550. The van der Waals surface area contributed by atoms with Gasteiger partial charge in [-0.15, -0.1) is 0 Å². The van der Waals surface area contributed by atoms with E-state index in [4.69, 9.17) is 0 Å². The molecule has 0 radical (unpaired) electrons. The van der Waals surface area contributed by atoms with Crippen LogP contribution in [0.3, 0.4) is 0 Å². The first-order chi connectivity index (χ1) is 12.3. The molecule has 1 fully saturated rings. The highest BCUT2D eigenvalue weighted by Gasteiger charge is 2.28. The number of allylic oxidation sites excluding steroid dienone is 4. The van der Waals surface area contributed by atoms with Crippen LogP contribution in [0.4, 0.5) is 4.79 Å². The molecule has 1 atom stereocenters. The minimum Gasteiger partial charge on any atom is -0.318 e. The molecule has 1 amide bonds. The molecule has 25 heavy (non-hydrogen) atoms. The zero-order chi connectivity index (χ0) is 19.1.